The number of rotatable bonds is 9. The summed E-state index contributed by atoms with van der Waals surface area (Å²) in [6.07, 6.45) is 4.99. The third-order valence-corrected chi connectivity index (χ3v) is 5.61. The maximum Gasteiger partial charge on any atom is 0.231 e. The van der Waals surface area contributed by atoms with E-state index in [-0.39, 0.29) is 24.8 Å². The molecule has 0 spiro atoms. The number of benzene rings is 1. The molecule has 1 N–H and O–H groups in total. The van der Waals surface area contributed by atoms with E-state index in [2.05, 4.69) is 15.3 Å². The van der Waals surface area contributed by atoms with Crippen LogP contribution in [0.15, 0.2) is 55.0 Å². The van der Waals surface area contributed by atoms with Crippen LogP contribution in [0.4, 0.5) is 11.5 Å². The second-order valence-corrected chi connectivity index (χ2v) is 7.77. The molecule has 1 fully saturated rings. The van der Waals surface area contributed by atoms with Crippen LogP contribution in [0.3, 0.4) is 0 Å². The molecule has 3 aromatic rings. The number of amides is 2. The lowest BCUT2D eigenvalue weighted by atomic mass is 10.1. The Morgan fingerprint density at radius 3 is 2.40 bits per heavy atom. The number of nitrogens with zero attached hydrogens (tertiary/aromatic N) is 3. The molecule has 4 rings (SSSR count). The van der Waals surface area contributed by atoms with Gasteiger partial charge in [-0.1, -0.05) is 0 Å². The second kappa shape index (κ2) is 10.7. The van der Waals surface area contributed by atoms with Crippen LogP contribution in [0.2, 0.25) is 0 Å². The van der Waals surface area contributed by atoms with Crippen molar-refractivity contribution >= 4 is 23.3 Å². The number of nitrogens with one attached hydrogen (secondary N) is 1. The lowest BCUT2D eigenvalue weighted by Crippen LogP contribution is -2.28. The molecule has 182 valence electrons. The lowest BCUT2D eigenvalue weighted by molar-refractivity contribution is -0.122. The average Bonchev–Trinajstić information content (AvgIpc) is 3.29. The molecule has 1 atom stereocenters. The van der Waals surface area contributed by atoms with E-state index in [4.69, 9.17) is 18.9 Å². The first-order chi connectivity index (χ1) is 17.0. The third-order valence-electron chi connectivity index (χ3n) is 5.61. The van der Waals surface area contributed by atoms with Gasteiger partial charge in [0.2, 0.25) is 17.6 Å². The van der Waals surface area contributed by atoms with Crippen LogP contribution in [-0.4, -0.2) is 49.7 Å². The van der Waals surface area contributed by atoms with Gasteiger partial charge in [-0.25, -0.2) is 4.98 Å². The van der Waals surface area contributed by atoms with Gasteiger partial charge in [0.05, 0.1) is 32.9 Å². The molecule has 0 radical (unpaired) electrons. The van der Waals surface area contributed by atoms with Gasteiger partial charge in [-0.05, 0) is 29.8 Å². The van der Waals surface area contributed by atoms with Crippen molar-refractivity contribution in [3.63, 3.8) is 0 Å². The minimum Gasteiger partial charge on any atom is -0.493 e. The Hall–Kier alpha value is -4.34. The number of carbonyl (C=O) groups excluding carboxylic acids is 2. The molecule has 1 unspecified atom stereocenters. The fourth-order valence-electron chi connectivity index (χ4n) is 3.82. The zero-order valence-corrected chi connectivity index (χ0v) is 19.7. The summed E-state index contributed by atoms with van der Waals surface area (Å²) in [7, 11) is 4.52. The Morgan fingerprint density at radius 2 is 1.74 bits per heavy atom. The topological polar surface area (TPSA) is 112 Å². The van der Waals surface area contributed by atoms with Crippen molar-refractivity contribution in [3.8, 4) is 23.0 Å². The quantitative estimate of drug-likeness (QED) is 0.499. The van der Waals surface area contributed by atoms with Crippen molar-refractivity contribution in [2.45, 2.75) is 13.0 Å². The average molecular weight is 479 g/mol. The maximum atomic E-state index is 13.0. The monoisotopic (exact) mass is 478 g/mol. The van der Waals surface area contributed by atoms with Crippen molar-refractivity contribution in [2.75, 3.05) is 38.1 Å². The van der Waals surface area contributed by atoms with E-state index in [1.807, 2.05) is 12.1 Å². The van der Waals surface area contributed by atoms with Gasteiger partial charge >= 0.3 is 0 Å². The normalized spacial score (nSPS) is 15.0. The molecular formula is C25H26N4O6. The summed E-state index contributed by atoms with van der Waals surface area (Å²) in [4.78, 5) is 35.6. The Kier molecular flexibility index (Phi) is 7.30. The van der Waals surface area contributed by atoms with Crippen LogP contribution in [0.1, 0.15) is 12.0 Å². The number of hydrogen-bond acceptors (Lipinski definition) is 8. The number of anilines is 2. The molecule has 3 heterocycles. The Balaban J connectivity index is 1.47. The van der Waals surface area contributed by atoms with Gasteiger partial charge in [-0.2, -0.15) is 0 Å². The third kappa shape index (κ3) is 5.26. The maximum absolute atomic E-state index is 13.0. The second-order valence-electron chi connectivity index (χ2n) is 7.77. The van der Waals surface area contributed by atoms with E-state index in [0.29, 0.717) is 41.1 Å². The predicted octanol–water partition coefficient (Wildman–Crippen LogP) is 3.07. The standard InChI is InChI=1S/C25H26N4O6/c1-32-20-12-18(13-21(33-2)23(20)34-3)29-14-17(11-22(29)30)25(31)28-24-19(5-4-8-27-24)35-15-16-6-9-26-10-7-16/h4-10,12-13,17H,11,14-15H2,1-3H3,(H,27,28,31). The molecule has 1 saturated heterocycles. The molecule has 1 aliphatic rings. The van der Waals surface area contributed by atoms with E-state index in [0.717, 1.165) is 5.56 Å². The molecule has 2 aromatic heterocycles. The summed E-state index contributed by atoms with van der Waals surface area (Å²) in [6, 6.07) is 10.5. The van der Waals surface area contributed by atoms with E-state index >= 15 is 0 Å². The summed E-state index contributed by atoms with van der Waals surface area (Å²) in [5.41, 5.74) is 1.49. The fourth-order valence-corrected chi connectivity index (χ4v) is 3.82. The molecule has 0 bridgehead atoms. The first kappa shape index (κ1) is 23.8. The molecular weight excluding hydrogens is 452 g/mol. The van der Waals surface area contributed by atoms with Crippen LogP contribution in [-0.2, 0) is 16.2 Å². The number of ether oxygens (including phenoxy) is 4. The fraction of sp³-hybridized carbons (Fsp3) is 0.280. The number of aromatic nitrogens is 2. The molecule has 0 aliphatic carbocycles. The van der Waals surface area contributed by atoms with Gasteiger partial charge < -0.3 is 29.2 Å². The van der Waals surface area contributed by atoms with Crippen LogP contribution >= 0.6 is 0 Å². The number of pyridine rings is 2. The number of methoxy groups -OCH3 is 3. The van der Waals surface area contributed by atoms with Gasteiger partial charge in [0, 0.05) is 43.7 Å². The van der Waals surface area contributed by atoms with Gasteiger partial charge in [-0.15, -0.1) is 0 Å². The SMILES string of the molecule is COc1cc(N2CC(C(=O)Nc3ncccc3OCc3ccncc3)CC2=O)cc(OC)c1OC. The highest BCUT2D eigenvalue weighted by Crippen LogP contribution is 2.42. The molecule has 0 saturated carbocycles. The zero-order chi connectivity index (χ0) is 24.8. The number of carbonyl (C=O) groups is 2. The van der Waals surface area contributed by atoms with E-state index in [9.17, 15) is 9.59 Å². The highest BCUT2D eigenvalue weighted by molar-refractivity contribution is 6.03. The van der Waals surface area contributed by atoms with Gasteiger partial charge in [0.25, 0.3) is 0 Å². The highest BCUT2D eigenvalue weighted by Gasteiger charge is 2.36. The van der Waals surface area contributed by atoms with Gasteiger partial charge in [-0.3, -0.25) is 14.6 Å². The Morgan fingerprint density at radius 1 is 1.03 bits per heavy atom. The molecule has 1 aromatic carbocycles. The Labute approximate surface area is 202 Å². The van der Waals surface area contributed by atoms with E-state index < -0.39 is 5.92 Å². The van der Waals surface area contributed by atoms with Crippen LogP contribution in [0, 0.1) is 5.92 Å². The minimum absolute atomic E-state index is 0.0581. The summed E-state index contributed by atoms with van der Waals surface area (Å²) in [5, 5.41) is 2.81. The van der Waals surface area contributed by atoms with E-state index in [1.54, 1.807) is 42.9 Å². The molecule has 2 amide bonds. The molecule has 35 heavy (non-hydrogen) atoms. The highest BCUT2D eigenvalue weighted by atomic mass is 16.5. The zero-order valence-electron chi connectivity index (χ0n) is 19.7. The van der Waals surface area contributed by atoms with Crippen molar-refractivity contribution < 1.29 is 28.5 Å². The first-order valence-corrected chi connectivity index (χ1v) is 10.9. The van der Waals surface area contributed by atoms with Crippen LogP contribution in [0.5, 0.6) is 23.0 Å². The minimum atomic E-state index is -0.573. The smallest absolute Gasteiger partial charge is 0.231 e. The number of hydrogen-bond donors (Lipinski definition) is 1. The largest absolute Gasteiger partial charge is 0.493 e. The lowest BCUT2D eigenvalue weighted by Gasteiger charge is -2.20. The first-order valence-electron chi connectivity index (χ1n) is 10.9. The summed E-state index contributed by atoms with van der Waals surface area (Å²) in [5.74, 6) is 0.925. The van der Waals surface area contributed by atoms with Crippen molar-refractivity contribution in [1.82, 2.24) is 9.97 Å². The van der Waals surface area contributed by atoms with Gasteiger partial charge in [0.1, 0.15) is 6.61 Å². The molecule has 1 aliphatic heterocycles. The molecule has 10 nitrogen and oxygen atoms in total. The van der Waals surface area contributed by atoms with Crippen molar-refractivity contribution in [2.24, 2.45) is 5.92 Å². The predicted molar refractivity (Wildman–Crippen MR) is 128 cm³/mol. The molecule has 10 heteroatoms. The van der Waals surface area contributed by atoms with Crippen LogP contribution in [0.25, 0.3) is 0 Å². The van der Waals surface area contributed by atoms with Crippen molar-refractivity contribution in [1.29, 1.82) is 0 Å². The van der Waals surface area contributed by atoms with Gasteiger partial charge in [0.15, 0.2) is 23.1 Å². The summed E-state index contributed by atoms with van der Waals surface area (Å²) in [6.45, 7) is 0.497. The summed E-state index contributed by atoms with van der Waals surface area (Å²) < 4.78 is 22.0. The Bertz CT molecular complexity index is 1180. The summed E-state index contributed by atoms with van der Waals surface area (Å²) >= 11 is 0. The van der Waals surface area contributed by atoms with E-state index in [1.165, 1.54) is 26.2 Å². The van der Waals surface area contributed by atoms with Crippen LogP contribution < -0.4 is 29.2 Å². The van der Waals surface area contributed by atoms with Crippen molar-refractivity contribution in [3.05, 3.63) is 60.6 Å².